The standard InChI is InChI=1S/C7H12O4.Na.H/c1-2-3-4-5(6(8)9)7(10)11;;/h5H,2-4H2,1H3,(H,8,9)(H,10,11);;. The van der Waals surface area contributed by atoms with Crippen LogP contribution in [0.2, 0.25) is 0 Å². The normalized spacial score (nSPS) is 9.17. The fourth-order valence-corrected chi connectivity index (χ4v) is 0.761. The summed E-state index contributed by atoms with van der Waals surface area (Å²) in [6.07, 6.45) is 1.68. The molecule has 2 N–H and O–H groups in total. The molecule has 0 amide bonds. The van der Waals surface area contributed by atoms with Crippen molar-refractivity contribution in [2.75, 3.05) is 0 Å². The topological polar surface area (TPSA) is 74.6 Å². The molecule has 0 fully saturated rings. The predicted molar refractivity (Wildman–Crippen MR) is 45.4 cm³/mol. The van der Waals surface area contributed by atoms with Crippen LogP contribution >= 0.6 is 0 Å². The number of carbonyl (C=O) groups is 2. The van der Waals surface area contributed by atoms with Gasteiger partial charge in [-0.1, -0.05) is 19.8 Å². The molecular formula is C7H13NaO4. The van der Waals surface area contributed by atoms with Gasteiger partial charge in [0.05, 0.1) is 0 Å². The van der Waals surface area contributed by atoms with E-state index in [-0.39, 0.29) is 36.0 Å². The minimum atomic E-state index is -1.24. The molecule has 0 bridgehead atoms. The van der Waals surface area contributed by atoms with Crippen molar-refractivity contribution in [1.82, 2.24) is 0 Å². The Kier molecular flexibility index (Phi) is 9.14. The maximum atomic E-state index is 10.3. The van der Waals surface area contributed by atoms with Gasteiger partial charge in [0.25, 0.3) is 0 Å². The Bertz CT molecular complexity index is 143. The third kappa shape index (κ3) is 5.57. The summed E-state index contributed by atoms with van der Waals surface area (Å²) >= 11 is 0. The second-order valence-corrected chi connectivity index (χ2v) is 2.37. The summed E-state index contributed by atoms with van der Waals surface area (Å²) in [5.41, 5.74) is 0. The third-order valence-corrected chi connectivity index (χ3v) is 1.44. The number of unbranched alkanes of at least 4 members (excludes halogenated alkanes) is 1. The van der Waals surface area contributed by atoms with Crippen LogP contribution < -0.4 is 0 Å². The first-order valence-electron chi connectivity index (χ1n) is 3.55. The Morgan fingerprint density at radius 2 is 1.67 bits per heavy atom. The van der Waals surface area contributed by atoms with E-state index in [1.807, 2.05) is 6.92 Å². The fourth-order valence-electron chi connectivity index (χ4n) is 0.761. The van der Waals surface area contributed by atoms with E-state index in [1.54, 1.807) is 0 Å². The van der Waals surface area contributed by atoms with E-state index in [4.69, 9.17) is 10.2 Å². The van der Waals surface area contributed by atoms with Crippen LogP contribution in [0.15, 0.2) is 0 Å². The van der Waals surface area contributed by atoms with Gasteiger partial charge >= 0.3 is 41.5 Å². The zero-order chi connectivity index (χ0) is 8.85. The zero-order valence-corrected chi connectivity index (χ0v) is 6.41. The Morgan fingerprint density at radius 3 is 1.92 bits per heavy atom. The van der Waals surface area contributed by atoms with Gasteiger partial charge in [-0.05, 0) is 6.42 Å². The van der Waals surface area contributed by atoms with Crippen molar-refractivity contribution in [3.8, 4) is 0 Å². The van der Waals surface area contributed by atoms with Gasteiger partial charge in [0.2, 0.25) is 0 Å². The first-order valence-corrected chi connectivity index (χ1v) is 3.55. The Hall–Kier alpha value is -0.0600. The van der Waals surface area contributed by atoms with Crippen LogP contribution in [0.25, 0.3) is 0 Å². The summed E-state index contributed by atoms with van der Waals surface area (Å²) in [7, 11) is 0. The SMILES string of the molecule is CCCCC(C(=O)O)C(=O)O.[NaH]. The average Bonchev–Trinajstić information content (AvgIpc) is 1.87. The molecule has 0 aliphatic carbocycles. The van der Waals surface area contributed by atoms with Crippen molar-refractivity contribution in [2.24, 2.45) is 5.92 Å². The molecule has 0 aromatic carbocycles. The second-order valence-electron chi connectivity index (χ2n) is 2.37. The fraction of sp³-hybridized carbons (Fsp3) is 0.714. The summed E-state index contributed by atoms with van der Waals surface area (Å²) < 4.78 is 0. The Balaban J connectivity index is 0. The van der Waals surface area contributed by atoms with Crippen LogP contribution in [-0.4, -0.2) is 51.7 Å². The van der Waals surface area contributed by atoms with Gasteiger partial charge in [0.1, 0.15) is 0 Å². The van der Waals surface area contributed by atoms with Gasteiger partial charge in [0.15, 0.2) is 5.92 Å². The third-order valence-electron chi connectivity index (χ3n) is 1.44. The first-order chi connectivity index (χ1) is 5.09. The Labute approximate surface area is 93.3 Å². The molecule has 66 valence electrons. The summed E-state index contributed by atoms with van der Waals surface area (Å²) in [6.45, 7) is 1.89. The molecule has 0 atom stereocenters. The van der Waals surface area contributed by atoms with Crippen LogP contribution in [0.4, 0.5) is 0 Å². The predicted octanol–water partition coefficient (Wildman–Crippen LogP) is 0.313. The number of aliphatic carboxylic acids is 2. The minimum absolute atomic E-state index is 0. The van der Waals surface area contributed by atoms with Crippen LogP contribution in [0.1, 0.15) is 26.2 Å². The molecule has 0 aliphatic heterocycles. The van der Waals surface area contributed by atoms with Crippen molar-refractivity contribution >= 4 is 41.5 Å². The van der Waals surface area contributed by atoms with Gasteiger partial charge in [-0.3, -0.25) is 9.59 Å². The molecule has 0 rings (SSSR count). The summed E-state index contributed by atoms with van der Waals surface area (Å²) in [5.74, 6) is -3.72. The van der Waals surface area contributed by atoms with E-state index < -0.39 is 17.9 Å². The van der Waals surface area contributed by atoms with Gasteiger partial charge < -0.3 is 10.2 Å². The van der Waals surface area contributed by atoms with Crippen molar-refractivity contribution in [2.45, 2.75) is 26.2 Å². The molecular weight excluding hydrogens is 171 g/mol. The second kappa shape index (κ2) is 7.58. The zero-order valence-electron chi connectivity index (χ0n) is 6.41. The van der Waals surface area contributed by atoms with Gasteiger partial charge in [-0.15, -0.1) is 0 Å². The van der Waals surface area contributed by atoms with Crippen molar-refractivity contribution in [3.63, 3.8) is 0 Å². The van der Waals surface area contributed by atoms with Crippen molar-refractivity contribution in [1.29, 1.82) is 0 Å². The van der Waals surface area contributed by atoms with Gasteiger partial charge in [-0.2, -0.15) is 0 Å². The van der Waals surface area contributed by atoms with E-state index in [0.29, 0.717) is 6.42 Å². The first kappa shape index (κ1) is 14.5. The molecule has 5 heteroatoms. The summed E-state index contributed by atoms with van der Waals surface area (Å²) in [6, 6.07) is 0. The van der Waals surface area contributed by atoms with Crippen molar-refractivity contribution in [3.05, 3.63) is 0 Å². The molecule has 4 nitrogen and oxygen atoms in total. The Morgan fingerprint density at radius 1 is 1.25 bits per heavy atom. The van der Waals surface area contributed by atoms with E-state index in [1.165, 1.54) is 0 Å². The number of carboxylic acids is 2. The van der Waals surface area contributed by atoms with Crippen LogP contribution in [0.5, 0.6) is 0 Å². The average molecular weight is 184 g/mol. The van der Waals surface area contributed by atoms with Crippen LogP contribution in [-0.2, 0) is 9.59 Å². The molecule has 12 heavy (non-hydrogen) atoms. The maximum absolute atomic E-state index is 10.3. The molecule has 0 aromatic rings. The molecule has 0 radical (unpaired) electrons. The molecule has 0 saturated carbocycles. The van der Waals surface area contributed by atoms with E-state index in [9.17, 15) is 9.59 Å². The molecule has 0 spiro atoms. The monoisotopic (exact) mass is 184 g/mol. The number of rotatable bonds is 5. The number of hydrogen-bond donors (Lipinski definition) is 2. The van der Waals surface area contributed by atoms with Gasteiger partial charge in [-0.25, -0.2) is 0 Å². The number of hydrogen-bond acceptors (Lipinski definition) is 2. The summed E-state index contributed by atoms with van der Waals surface area (Å²) in [4.78, 5) is 20.5. The summed E-state index contributed by atoms with van der Waals surface area (Å²) in [5, 5.41) is 16.8. The quantitative estimate of drug-likeness (QED) is 0.476. The van der Waals surface area contributed by atoms with Gasteiger partial charge in [0, 0.05) is 0 Å². The van der Waals surface area contributed by atoms with E-state index in [0.717, 1.165) is 6.42 Å². The van der Waals surface area contributed by atoms with Crippen LogP contribution in [0.3, 0.4) is 0 Å². The number of carboxylic acid groups (broad SMARTS) is 2. The molecule has 0 aromatic heterocycles. The van der Waals surface area contributed by atoms with Crippen molar-refractivity contribution < 1.29 is 19.8 Å². The van der Waals surface area contributed by atoms with E-state index in [2.05, 4.69) is 0 Å². The van der Waals surface area contributed by atoms with E-state index >= 15 is 0 Å². The molecule has 0 aliphatic rings. The molecule has 0 unspecified atom stereocenters. The molecule has 0 heterocycles. The van der Waals surface area contributed by atoms with Crippen LogP contribution in [0, 0.1) is 5.92 Å². The molecule has 0 saturated heterocycles.